The molecule has 3 nitrogen and oxygen atoms in total. The van der Waals surface area contributed by atoms with E-state index in [0.29, 0.717) is 0 Å². The first-order valence-corrected chi connectivity index (χ1v) is 7.32. The van der Waals surface area contributed by atoms with E-state index in [1.54, 1.807) is 29.5 Å². The molecule has 0 fully saturated rings. The third kappa shape index (κ3) is 5.13. The van der Waals surface area contributed by atoms with Crippen LogP contribution in [0.3, 0.4) is 0 Å². The van der Waals surface area contributed by atoms with Crippen LogP contribution in [0.2, 0.25) is 0 Å². The zero-order valence-corrected chi connectivity index (χ0v) is 12.4. The number of carboxylic acid groups (broad SMARTS) is 1. The van der Waals surface area contributed by atoms with Gasteiger partial charge in [-0.25, -0.2) is 9.18 Å². The Morgan fingerprint density at radius 3 is 2.71 bits per heavy atom. The quantitative estimate of drug-likeness (QED) is 0.829. The maximum atomic E-state index is 12.8. The number of benzene rings is 1. The molecule has 1 aromatic carbocycles. The van der Waals surface area contributed by atoms with Crippen molar-refractivity contribution in [2.24, 2.45) is 0 Å². The molecule has 0 aliphatic heterocycles. The molecule has 2 aromatic rings. The van der Waals surface area contributed by atoms with Crippen molar-refractivity contribution < 1.29 is 14.3 Å². The zero-order chi connectivity index (χ0) is 15.2. The summed E-state index contributed by atoms with van der Waals surface area (Å²) in [6, 6.07) is 8.46. The Labute approximate surface area is 127 Å². The monoisotopic (exact) mass is 305 g/mol. The van der Waals surface area contributed by atoms with Crippen LogP contribution < -0.4 is 0 Å². The van der Waals surface area contributed by atoms with Crippen molar-refractivity contribution in [3.05, 3.63) is 63.6 Å². The average molecular weight is 305 g/mol. The second-order valence-corrected chi connectivity index (χ2v) is 5.81. The summed E-state index contributed by atoms with van der Waals surface area (Å²) in [5.74, 6) is -1.18. The summed E-state index contributed by atoms with van der Waals surface area (Å²) < 4.78 is 12.8. The Kier molecular flexibility index (Phi) is 5.25. The van der Waals surface area contributed by atoms with Crippen molar-refractivity contribution >= 4 is 23.4 Å². The van der Waals surface area contributed by atoms with Crippen molar-refractivity contribution in [1.82, 2.24) is 4.90 Å². The fraction of sp³-hybridized carbons (Fsp3) is 0.188. The second-order valence-electron chi connectivity index (χ2n) is 4.82. The first kappa shape index (κ1) is 15.4. The molecule has 2 rings (SSSR count). The van der Waals surface area contributed by atoms with Crippen molar-refractivity contribution in [3.8, 4) is 0 Å². The van der Waals surface area contributed by atoms with Crippen molar-refractivity contribution in [1.29, 1.82) is 0 Å². The first-order valence-electron chi connectivity index (χ1n) is 6.44. The number of hydrogen-bond donors (Lipinski definition) is 1. The van der Waals surface area contributed by atoms with Crippen LogP contribution in [0.4, 0.5) is 4.39 Å². The van der Waals surface area contributed by atoms with Crippen LogP contribution in [0, 0.1) is 5.82 Å². The van der Waals surface area contributed by atoms with Crippen LogP contribution in [0.1, 0.15) is 16.0 Å². The van der Waals surface area contributed by atoms with Gasteiger partial charge in [-0.1, -0.05) is 12.1 Å². The molecule has 0 saturated carbocycles. The normalized spacial score (nSPS) is 11.4. The highest BCUT2D eigenvalue weighted by molar-refractivity contribution is 7.10. The fourth-order valence-electron chi connectivity index (χ4n) is 1.96. The van der Waals surface area contributed by atoms with Crippen molar-refractivity contribution in [2.45, 2.75) is 13.1 Å². The molecule has 0 saturated heterocycles. The van der Waals surface area contributed by atoms with E-state index in [1.165, 1.54) is 12.1 Å². The zero-order valence-electron chi connectivity index (χ0n) is 11.6. The maximum absolute atomic E-state index is 12.8. The van der Waals surface area contributed by atoms with E-state index in [0.717, 1.165) is 35.2 Å². The number of rotatable bonds is 6. The lowest BCUT2D eigenvalue weighted by molar-refractivity contribution is -0.131. The minimum Gasteiger partial charge on any atom is -0.478 e. The lowest BCUT2D eigenvalue weighted by atomic mass is 10.2. The number of thiophene rings is 1. The first-order chi connectivity index (χ1) is 10.0. The lowest BCUT2D eigenvalue weighted by Crippen LogP contribution is -2.16. The topological polar surface area (TPSA) is 40.5 Å². The fourth-order valence-corrected chi connectivity index (χ4v) is 2.89. The summed E-state index contributed by atoms with van der Waals surface area (Å²) in [4.78, 5) is 13.8. The molecule has 1 N–H and O–H groups in total. The summed E-state index contributed by atoms with van der Waals surface area (Å²) in [5, 5.41) is 10.5. The van der Waals surface area contributed by atoms with Crippen LogP contribution >= 0.6 is 11.3 Å². The number of halogens is 1. The predicted octanol–water partition coefficient (Wildman–Crippen LogP) is 3.62. The van der Waals surface area contributed by atoms with E-state index in [1.807, 2.05) is 18.5 Å². The van der Waals surface area contributed by atoms with E-state index in [9.17, 15) is 9.18 Å². The smallest absolute Gasteiger partial charge is 0.328 e. The van der Waals surface area contributed by atoms with Crippen LogP contribution in [0.25, 0.3) is 6.08 Å². The summed E-state index contributed by atoms with van der Waals surface area (Å²) in [5.41, 5.74) is 1.95. The largest absolute Gasteiger partial charge is 0.478 e. The predicted molar refractivity (Wildman–Crippen MR) is 82.6 cm³/mol. The summed E-state index contributed by atoms with van der Waals surface area (Å²) in [6.45, 7) is 1.50. The van der Waals surface area contributed by atoms with Gasteiger partial charge in [0.05, 0.1) is 0 Å². The minimum absolute atomic E-state index is 0.227. The highest BCUT2D eigenvalue weighted by Crippen LogP contribution is 2.18. The van der Waals surface area contributed by atoms with Gasteiger partial charge in [0.15, 0.2) is 0 Å². The van der Waals surface area contributed by atoms with Gasteiger partial charge in [-0.15, -0.1) is 11.3 Å². The molecule has 0 aliphatic rings. The van der Waals surface area contributed by atoms with Crippen LogP contribution in [0.15, 0.2) is 41.8 Å². The molecule has 0 amide bonds. The highest BCUT2D eigenvalue weighted by Gasteiger charge is 2.04. The molecule has 0 bridgehead atoms. The average Bonchev–Trinajstić information content (AvgIpc) is 2.86. The number of hydrogen-bond acceptors (Lipinski definition) is 3. The molecular formula is C16H16FNO2S. The van der Waals surface area contributed by atoms with Crippen molar-refractivity contribution in [2.75, 3.05) is 7.05 Å². The lowest BCUT2D eigenvalue weighted by Gasteiger charge is -2.15. The third-order valence-corrected chi connectivity index (χ3v) is 3.82. The van der Waals surface area contributed by atoms with Gasteiger partial charge in [0.1, 0.15) is 5.82 Å². The Morgan fingerprint density at radius 2 is 2.05 bits per heavy atom. The van der Waals surface area contributed by atoms with Gasteiger partial charge in [0.2, 0.25) is 0 Å². The molecule has 0 unspecified atom stereocenters. The molecule has 21 heavy (non-hydrogen) atoms. The Hall–Kier alpha value is -1.98. The van der Waals surface area contributed by atoms with E-state index < -0.39 is 5.97 Å². The van der Waals surface area contributed by atoms with Crippen LogP contribution in [-0.4, -0.2) is 23.0 Å². The molecular weight excluding hydrogens is 289 g/mol. The summed E-state index contributed by atoms with van der Waals surface area (Å²) in [6.07, 6.45) is 2.72. The number of aliphatic carboxylic acids is 1. The van der Waals surface area contributed by atoms with E-state index >= 15 is 0 Å². The molecule has 0 radical (unpaired) electrons. The Bertz CT molecular complexity index is 634. The molecule has 1 heterocycles. The molecule has 110 valence electrons. The molecule has 0 aliphatic carbocycles. The number of nitrogens with zero attached hydrogens (tertiary/aromatic N) is 1. The minimum atomic E-state index is -0.948. The molecule has 0 atom stereocenters. The van der Waals surface area contributed by atoms with Gasteiger partial charge in [-0.05, 0) is 47.8 Å². The second kappa shape index (κ2) is 7.15. The van der Waals surface area contributed by atoms with Gasteiger partial charge in [-0.3, -0.25) is 4.90 Å². The number of carbonyl (C=O) groups is 1. The van der Waals surface area contributed by atoms with Crippen LogP contribution in [0.5, 0.6) is 0 Å². The SMILES string of the molecule is CN(Cc1ccc(F)cc1)Cc1cc(C=CC(=O)O)cs1. The molecule has 1 aromatic heterocycles. The standard InChI is InChI=1S/C16H16FNO2S/c1-18(9-12-2-5-14(17)6-3-12)10-15-8-13(11-21-15)4-7-16(19)20/h2-8,11H,9-10H2,1H3,(H,19,20). The highest BCUT2D eigenvalue weighted by atomic mass is 32.1. The van der Waals surface area contributed by atoms with Crippen LogP contribution in [-0.2, 0) is 17.9 Å². The molecule has 5 heteroatoms. The van der Waals surface area contributed by atoms with E-state index in [2.05, 4.69) is 4.90 Å². The maximum Gasteiger partial charge on any atom is 0.328 e. The van der Waals surface area contributed by atoms with Gasteiger partial charge in [0, 0.05) is 24.0 Å². The summed E-state index contributed by atoms with van der Waals surface area (Å²) >= 11 is 1.60. The van der Waals surface area contributed by atoms with Gasteiger partial charge in [-0.2, -0.15) is 0 Å². The van der Waals surface area contributed by atoms with Gasteiger partial charge >= 0.3 is 5.97 Å². The summed E-state index contributed by atoms with van der Waals surface area (Å²) in [7, 11) is 2.00. The van der Waals surface area contributed by atoms with Gasteiger partial charge in [0.25, 0.3) is 0 Å². The van der Waals surface area contributed by atoms with Crippen molar-refractivity contribution in [3.63, 3.8) is 0 Å². The number of carboxylic acids is 1. The third-order valence-electron chi connectivity index (χ3n) is 2.88. The van der Waals surface area contributed by atoms with E-state index in [4.69, 9.17) is 5.11 Å². The Morgan fingerprint density at radius 1 is 1.33 bits per heavy atom. The van der Waals surface area contributed by atoms with Gasteiger partial charge < -0.3 is 5.11 Å². The molecule has 0 spiro atoms. The van der Waals surface area contributed by atoms with E-state index in [-0.39, 0.29) is 5.82 Å². The Balaban J connectivity index is 1.92.